The Morgan fingerprint density at radius 3 is 2.52 bits per heavy atom. The van der Waals surface area contributed by atoms with Gasteiger partial charge in [0.15, 0.2) is 0 Å². The quantitative estimate of drug-likeness (QED) is 0.922. The van der Waals surface area contributed by atoms with Crippen molar-refractivity contribution in [3.05, 3.63) is 60.1 Å². The standard InChI is InChI=1S/C18H21NO2/c20-18(17-10-11-21-13-17)19-12-14-6-8-16(9-7-14)15-4-2-1-3-5-15/h1-5,10-11,13-14,16H,6-9,12H2,(H,19,20). The molecule has 2 aromatic rings. The first-order valence-electron chi connectivity index (χ1n) is 7.68. The third-order valence-corrected chi connectivity index (χ3v) is 4.45. The summed E-state index contributed by atoms with van der Waals surface area (Å²) >= 11 is 0. The summed E-state index contributed by atoms with van der Waals surface area (Å²) in [6, 6.07) is 12.5. The summed E-state index contributed by atoms with van der Waals surface area (Å²) in [5.74, 6) is 1.25. The highest BCUT2D eigenvalue weighted by Crippen LogP contribution is 2.35. The van der Waals surface area contributed by atoms with Crippen molar-refractivity contribution in [2.75, 3.05) is 6.54 Å². The number of carbonyl (C=O) groups is 1. The van der Waals surface area contributed by atoms with Gasteiger partial charge in [0.05, 0.1) is 11.8 Å². The van der Waals surface area contributed by atoms with E-state index in [2.05, 4.69) is 35.6 Å². The van der Waals surface area contributed by atoms with Crippen LogP contribution in [0.1, 0.15) is 47.5 Å². The first-order chi connectivity index (χ1) is 10.3. The molecule has 0 unspecified atom stereocenters. The molecule has 3 heteroatoms. The van der Waals surface area contributed by atoms with E-state index in [-0.39, 0.29) is 5.91 Å². The molecule has 0 spiro atoms. The van der Waals surface area contributed by atoms with Crippen LogP contribution >= 0.6 is 0 Å². The van der Waals surface area contributed by atoms with Gasteiger partial charge >= 0.3 is 0 Å². The number of carbonyl (C=O) groups excluding carboxylic acids is 1. The van der Waals surface area contributed by atoms with E-state index in [9.17, 15) is 4.79 Å². The molecule has 0 atom stereocenters. The van der Waals surface area contributed by atoms with Gasteiger partial charge in [-0.2, -0.15) is 0 Å². The van der Waals surface area contributed by atoms with E-state index in [1.54, 1.807) is 6.07 Å². The molecule has 1 fully saturated rings. The summed E-state index contributed by atoms with van der Waals surface area (Å²) in [5.41, 5.74) is 2.06. The van der Waals surface area contributed by atoms with Gasteiger partial charge in [0, 0.05) is 6.54 Å². The molecule has 21 heavy (non-hydrogen) atoms. The van der Waals surface area contributed by atoms with E-state index in [0.29, 0.717) is 17.4 Å². The summed E-state index contributed by atoms with van der Waals surface area (Å²) in [7, 11) is 0. The van der Waals surface area contributed by atoms with Crippen LogP contribution in [-0.2, 0) is 0 Å². The Morgan fingerprint density at radius 2 is 1.86 bits per heavy atom. The number of hydrogen-bond acceptors (Lipinski definition) is 2. The Hall–Kier alpha value is -2.03. The van der Waals surface area contributed by atoms with Gasteiger partial charge in [-0.25, -0.2) is 0 Å². The van der Waals surface area contributed by atoms with Crippen LogP contribution in [0.25, 0.3) is 0 Å². The van der Waals surface area contributed by atoms with E-state index in [0.717, 1.165) is 6.54 Å². The van der Waals surface area contributed by atoms with Crippen molar-refractivity contribution in [2.45, 2.75) is 31.6 Å². The first kappa shape index (κ1) is 13.9. The number of benzene rings is 1. The zero-order valence-corrected chi connectivity index (χ0v) is 12.1. The maximum Gasteiger partial charge on any atom is 0.254 e. The van der Waals surface area contributed by atoms with Crippen LogP contribution in [0.3, 0.4) is 0 Å². The van der Waals surface area contributed by atoms with Gasteiger partial charge in [0.1, 0.15) is 6.26 Å². The van der Waals surface area contributed by atoms with Crippen LogP contribution in [0.2, 0.25) is 0 Å². The molecule has 0 radical (unpaired) electrons. The molecular weight excluding hydrogens is 262 g/mol. The molecule has 1 aromatic heterocycles. The molecule has 3 nitrogen and oxygen atoms in total. The zero-order valence-electron chi connectivity index (χ0n) is 12.1. The Labute approximate surface area is 125 Å². The van der Waals surface area contributed by atoms with Crippen molar-refractivity contribution in [1.29, 1.82) is 0 Å². The summed E-state index contributed by atoms with van der Waals surface area (Å²) in [6.07, 6.45) is 7.82. The van der Waals surface area contributed by atoms with Crippen LogP contribution < -0.4 is 5.32 Å². The molecule has 1 aliphatic carbocycles. The molecule has 0 bridgehead atoms. The van der Waals surface area contributed by atoms with E-state index in [1.807, 2.05) is 0 Å². The Kier molecular flexibility index (Phi) is 4.39. The average molecular weight is 283 g/mol. The second-order valence-corrected chi connectivity index (χ2v) is 5.85. The molecule has 3 rings (SSSR count). The molecule has 0 saturated heterocycles. The lowest BCUT2D eigenvalue weighted by atomic mass is 9.79. The van der Waals surface area contributed by atoms with Gasteiger partial charge in [-0.05, 0) is 49.1 Å². The number of furan rings is 1. The molecule has 110 valence electrons. The SMILES string of the molecule is O=C(NCC1CCC(c2ccccc2)CC1)c1ccoc1. The highest BCUT2D eigenvalue weighted by Gasteiger charge is 2.22. The normalized spacial score (nSPS) is 21.9. The third kappa shape index (κ3) is 3.54. The Balaban J connectivity index is 1.45. The Morgan fingerprint density at radius 1 is 1.10 bits per heavy atom. The van der Waals surface area contributed by atoms with Crippen molar-refractivity contribution in [2.24, 2.45) is 5.92 Å². The van der Waals surface area contributed by atoms with E-state index >= 15 is 0 Å². The maximum atomic E-state index is 11.9. The average Bonchev–Trinajstić information content (AvgIpc) is 3.08. The van der Waals surface area contributed by atoms with Crippen LogP contribution in [0, 0.1) is 5.92 Å². The van der Waals surface area contributed by atoms with Crippen molar-refractivity contribution < 1.29 is 9.21 Å². The van der Waals surface area contributed by atoms with Crippen LogP contribution in [0.15, 0.2) is 53.3 Å². The maximum absolute atomic E-state index is 11.9. The number of amides is 1. The van der Waals surface area contributed by atoms with Crippen molar-refractivity contribution >= 4 is 5.91 Å². The predicted molar refractivity (Wildman–Crippen MR) is 82.2 cm³/mol. The molecule has 1 aromatic carbocycles. The Bertz CT molecular complexity index is 554. The van der Waals surface area contributed by atoms with Crippen molar-refractivity contribution in [1.82, 2.24) is 5.32 Å². The fourth-order valence-corrected chi connectivity index (χ4v) is 3.16. The molecule has 0 aliphatic heterocycles. The molecule has 1 N–H and O–H groups in total. The summed E-state index contributed by atoms with van der Waals surface area (Å²) in [4.78, 5) is 11.9. The van der Waals surface area contributed by atoms with E-state index < -0.39 is 0 Å². The van der Waals surface area contributed by atoms with E-state index in [1.165, 1.54) is 43.8 Å². The predicted octanol–water partition coefficient (Wildman–Crippen LogP) is 3.98. The molecule has 1 saturated carbocycles. The van der Waals surface area contributed by atoms with Crippen LogP contribution in [0.4, 0.5) is 0 Å². The number of hydrogen-bond donors (Lipinski definition) is 1. The van der Waals surface area contributed by atoms with Gasteiger partial charge in [0.2, 0.25) is 0 Å². The van der Waals surface area contributed by atoms with Gasteiger partial charge in [-0.3, -0.25) is 4.79 Å². The van der Waals surface area contributed by atoms with Crippen LogP contribution in [0.5, 0.6) is 0 Å². The van der Waals surface area contributed by atoms with Gasteiger partial charge in [-0.1, -0.05) is 30.3 Å². The zero-order chi connectivity index (χ0) is 14.5. The fraction of sp³-hybridized carbons (Fsp3) is 0.389. The number of rotatable bonds is 4. The summed E-state index contributed by atoms with van der Waals surface area (Å²) in [5, 5.41) is 3.01. The minimum absolute atomic E-state index is 0.0334. The van der Waals surface area contributed by atoms with Gasteiger partial charge < -0.3 is 9.73 Å². The molecular formula is C18H21NO2. The fourth-order valence-electron chi connectivity index (χ4n) is 3.16. The lowest BCUT2D eigenvalue weighted by Gasteiger charge is -2.28. The molecule has 1 aliphatic rings. The first-order valence-corrected chi connectivity index (χ1v) is 7.68. The summed E-state index contributed by atoms with van der Waals surface area (Å²) in [6.45, 7) is 0.769. The van der Waals surface area contributed by atoms with Gasteiger partial charge in [0.25, 0.3) is 5.91 Å². The highest BCUT2D eigenvalue weighted by molar-refractivity contribution is 5.93. The largest absolute Gasteiger partial charge is 0.472 e. The second kappa shape index (κ2) is 6.61. The van der Waals surface area contributed by atoms with Crippen molar-refractivity contribution in [3.63, 3.8) is 0 Å². The van der Waals surface area contributed by atoms with E-state index in [4.69, 9.17) is 4.42 Å². The highest BCUT2D eigenvalue weighted by atomic mass is 16.3. The molecule has 1 amide bonds. The van der Waals surface area contributed by atoms with Gasteiger partial charge in [-0.15, -0.1) is 0 Å². The lowest BCUT2D eigenvalue weighted by molar-refractivity contribution is 0.0942. The molecule has 1 heterocycles. The van der Waals surface area contributed by atoms with Crippen LogP contribution in [-0.4, -0.2) is 12.5 Å². The minimum atomic E-state index is -0.0334. The summed E-state index contributed by atoms with van der Waals surface area (Å²) < 4.78 is 4.93. The van der Waals surface area contributed by atoms with Crippen molar-refractivity contribution in [3.8, 4) is 0 Å². The second-order valence-electron chi connectivity index (χ2n) is 5.85. The smallest absolute Gasteiger partial charge is 0.254 e. The monoisotopic (exact) mass is 283 g/mol. The number of nitrogens with one attached hydrogen (secondary N) is 1. The topological polar surface area (TPSA) is 42.2 Å². The lowest BCUT2D eigenvalue weighted by Crippen LogP contribution is -2.30. The third-order valence-electron chi connectivity index (χ3n) is 4.45. The minimum Gasteiger partial charge on any atom is -0.472 e.